The largest absolute Gasteiger partial charge is 0.102 e. The fraction of sp³-hybridized carbons (Fsp3) is 0. The summed E-state index contributed by atoms with van der Waals surface area (Å²) in [7, 11) is 98.3. The van der Waals surface area contributed by atoms with Gasteiger partial charge in [0.2, 0.25) is 0 Å². The summed E-state index contributed by atoms with van der Waals surface area (Å²) in [5.41, 5.74) is 0. The van der Waals surface area contributed by atoms with E-state index >= 15 is 0 Å². The predicted octanol–water partition coefficient (Wildman–Crippen LogP) is 31.5. The van der Waals surface area contributed by atoms with Crippen LogP contribution < -0.4 is 0 Å². The highest BCUT2D eigenvalue weighted by molar-refractivity contribution is 9.53. The average molecular weight is 1730 g/mol. The van der Waals surface area contributed by atoms with Crippen LogP contribution in [0.3, 0.4) is 0 Å². The molecule has 0 heterocycles. The first-order valence-corrected chi connectivity index (χ1v) is 110. The van der Waals surface area contributed by atoms with Gasteiger partial charge in [-0.1, -0.05) is 0 Å². The van der Waals surface area contributed by atoms with E-state index in [-0.39, 0.29) is 182 Å². The van der Waals surface area contributed by atoms with Crippen molar-refractivity contribution in [1.82, 2.24) is 0 Å². The van der Waals surface area contributed by atoms with Crippen LogP contribution in [0.15, 0.2) is 0 Å². The summed E-state index contributed by atoms with van der Waals surface area (Å²) in [6, 6.07) is 0. The van der Waals surface area contributed by atoms with Crippen molar-refractivity contribution in [2.24, 2.45) is 0 Å². The normalized spacial score (nSPS) is 15.1. The minimum absolute atomic E-state index is 0.142. The topological polar surface area (TPSA) is 0 Å². The summed E-state index contributed by atoms with van der Waals surface area (Å²) < 4.78 is 0. The molecule has 326 valence electrons. The maximum Gasteiger partial charge on any atom is -0.0000133 e. The van der Waals surface area contributed by atoms with E-state index in [0.29, 0.717) is 0 Å². The van der Waals surface area contributed by atoms with Crippen molar-refractivity contribution >= 4 is 432 Å². The molecule has 0 nitrogen and oxygen atoms in total. The first kappa shape index (κ1) is 77.2. The molecule has 0 aliphatic heterocycles. The van der Waals surface area contributed by atoms with Crippen molar-refractivity contribution < 1.29 is 0 Å². The molecule has 29 unspecified atom stereocenters. The summed E-state index contributed by atoms with van der Waals surface area (Å²) in [6.07, 6.45) is 0. The van der Waals surface area contributed by atoms with Crippen molar-refractivity contribution in [3.05, 3.63) is 0 Å². The van der Waals surface area contributed by atoms with Crippen LogP contribution in [0.1, 0.15) is 0 Å². The molecule has 0 radical (unpaired) electrons. The molecular weight excluding hydrogens is 1670 g/mol. The molecule has 0 aromatic rings. The Morgan fingerprint density at radius 1 is 0.0926 bits per heavy atom. The van der Waals surface area contributed by atoms with Gasteiger partial charge in [0.25, 0.3) is 0 Å². The molecule has 29 atom stereocenters. The van der Waals surface area contributed by atoms with Gasteiger partial charge in [0.05, 0.1) is 0 Å². The van der Waals surface area contributed by atoms with E-state index in [2.05, 4.69) is 250 Å². The van der Waals surface area contributed by atoms with Gasteiger partial charge in [0.15, 0.2) is 0 Å². The van der Waals surface area contributed by atoms with Crippen molar-refractivity contribution in [2.45, 2.75) is 0 Å². The van der Waals surface area contributed by atoms with Gasteiger partial charge in [-0.3, -0.25) is 0 Å². The van der Waals surface area contributed by atoms with E-state index in [0.717, 1.165) is 0 Å². The summed E-state index contributed by atoms with van der Waals surface area (Å²) in [5, 5.41) is 0. The third-order valence-electron chi connectivity index (χ3n) is 4.65. The van der Waals surface area contributed by atoms with Crippen LogP contribution in [-0.4, -0.2) is 0 Å². The molecule has 0 amide bonds. The molecule has 0 aliphatic carbocycles. The fourth-order valence-corrected chi connectivity index (χ4v) is 778. The lowest BCUT2D eigenvalue weighted by Gasteiger charge is -2.59. The molecule has 0 aliphatic rings. The second-order valence-electron chi connectivity index (χ2n) is 8.54. The molecule has 0 saturated heterocycles. The maximum absolute atomic E-state index is 3.55. The molecule has 0 aromatic carbocycles. The van der Waals surface area contributed by atoms with Crippen molar-refractivity contribution in [2.75, 3.05) is 0 Å². The molecule has 0 N–H and O–H groups in total. The van der Waals surface area contributed by atoms with E-state index in [1.807, 2.05) is 0 Å². The smallest absolute Gasteiger partial charge is 0.0000133 e. The van der Waals surface area contributed by atoms with Crippen molar-refractivity contribution in [1.29, 1.82) is 0 Å². The van der Waals surface area contributed by atoms with E-state index in [1.54, 1.807) is 0 Å². The van der Waals surface area contributed by atoms with Crippen molar-refractivity contribution in [3.63, 3.8) is 0 Å². The highest BCUT2D eigenvalue weighted by Gasteiger charge is 2.59. The Balaban J connectivity index is 9.98. The zero-order chi connectivity index (χ0) is 43.0. The van der Waals surface area contributed by atoms with Crippen LogP contribution in [-0.2, 0) is 0 Å². The molecule has 0 bridgehead atoms. The average Bonchev–Trinajstić information content (AvgIpc) is 2.93. The number of hydrogen-bond donors (Lipinski definition) is 0. The van der Waals surface area contributed by atoms with Gasteiger partial charge in [-0.2, -0.15) is 0 Å². The van der Waals surface area contributed by atoms with Gasteiger partial charge in [-0.25, -0.2) is 0 Å². The Morgan fingerprint density at radius 2 is 0.148 bits per heavy atom. The van der Waals surface area contributed by atoms with Crippen LogP contribution in [0.5, 0.6) is 0 Å². The van der Waals surface area contributed by atoms with Crippen LogP contribution in [0.4, 0.5) is 0 Å². The Morgan fingerprint density at radius 3 is 0.222 bits per heavy atom. The molecule has 0 fully saturated rings. The maximum atomic E-state index is 3.55. The Hall–Kier alpha value is 23.2. The number of rotatable bonds is 25. The second-order valence-corrected chi connectivity index (χ2v) is 231. The minimum atomic E-state index is -0.233. The van der Waals surface area contributed by atoms with E-state index in [4.69, 9.17) is 0 Å². The van der Waals surface area contributed by atoms with Crippen LogP contribution in [0.2, 0.25) is 0 Å². The first-order valence-electron chi connectivity index (χ1n) is 12.2. The molecule has 0 saturated carbocycles. The van der Waals surface area contributed by atoms with Gasteiger partial charge in [0.1, 0.15) is 0 Å². The zero-order valence-electron chi connectivity index (χ0n) is 27.8. The highest BCUT2D eigenvalue weighted by atomic mass is 33.6. The SMILES string of the molecule is PP(P)P(P(P)P)P(P(P(P)P)P(P)P)P(P(P(P)P)P(P)P)P(P(P(P(P)P)P(P)P)P(P(P)P)P(P)P)P(P(P(P)P)P(P)P)P(P(P)P)P(P)P. The Labute approximate surface area is 425 Å². The monoisotopic (exact) mass is 1730 g/mol. The predicted molar refractivity (Wildman–Crippen MR) is 452 cm³/mol. The van der Waals surface area contributed by atoms with Crippen LogP contribution >= 0.6 is 432 Å². The van der Waals surface area contributed by atoms with E-state index in [9.17, 15) is 0 Å². The molecule has 0 aromatic heterocycles. The van der Waals surface area contributed by atoms with Gasteiger partial charge in [-0.05, 0) is 182 Å². The van der Waals surface area contributed by atoms with Crippen LogP contribution in [0, 0.1) is 0 Å². The van der Waals surface area contributed by atoms with Crippen molar-refractivity contribution in [3.8, 4) is 0 Å². The van der Waals surface area contributed by atoms with Gasteiger partial charge in [0, 0.05) is 0 Å². The summed E-state index contributed by atoms with van der Waals surface area (Å²) >= 11 is 0. The first-order chi connectivity index (χ1) is 24.5. The van der Waals surface area contributed by atoms with Gasteiger partial charge >= 0.3 is 0 Å². The minimum Gasteiger partial charge on any atom is -0.102 e. The molecule has 0 rings (SSSR count). The lowest BCUT2D eigenvalue weighted by atomic mass is 28.4. The van der Waals surface area contributed by atoms with Gasteiger partial charge < -0.3 is 0 Å². The summed E-state index contributed by atoms with van der Waals surface area (Å²) in [4.78, 5) is 0. The summed E-state index contributed by atoms with van der Waals surface area (Å²) in [6.45, 7) is -5.01. The van der Waals surface area contributed by atoms with Gasteiger partial charge in [-0.15, -0.1) is 250 Å². The molecular formula is H56P54. The lowest BCUT2D eigenvalue weighted by Crippen LogP contribution is -1.71. The quantitative estimate of drug-likeness (QED) is 0.0799. The highest BCUT2D eigenvalue weighted by Crippen LogP contribution is 3.47. The van der Waals surface area contributed by atoms with E-state index in [1.165, 1.54) is 0 Å². The molecule has 54 heavy (non-hydrogen) atoms. The molecule has 0 spiro atoms. The van der Waals surface area contributed by atoms with Crippen LogP contribution in [0.25, 0.3) is 0 Å². The van der Waals surface area contributed by atoms with E-state index < -0.39 is 0 Å². The second kappa shape index (κ2) is 42.1. The molecule has 54 heteroatoms. The lowest BCUT2D eigenvalue weighted by molar-refractivity contribution is 4.34. The third kappa shape index (κ3) is 27.3. The number of hydrogen-bond acceptors (Lipinski definition) is 0. The fourth-order valence-electron chi connectivity index (χ4n) is 3.20. The Kier molecular flexibility index (Phi) is 60.2. The standard InChI is InChI=1S/H56P54/c1-29(2)43(30(3)4)50(44(31(5)6)32(7)8)53(49(41(25)26)42(27)28)54(51(45(33(9)10)34(11)12)46(35(13)14)36(15)16)52(47(37(17)18)38(19)20)48(39(21)22)40(23)24/h1-28H2. The Bertz CT molecular complexity index is 793. The third-order valence-corrected chi connectivity index (χ3v) is 377. The summed E-state index contributed by atoms with van der Waals surface area (Å²) in [5.74, 6) is 0. The zero-order valence-corrected chi connectivity index (χ0v) is 83.4.